The molecule has 11 heteroatoms. The van der Waals surface area contributed by atoms with Crippen molar-refractivity contribution in [1.29, 1.82) is 0 Å². The number of carbonyl (C=O) groups excluding carboxylic acids is 1. The fraction of sp³-hybridized carbons (Fsp3) is 0.111. The van der Waals surface area contributed by atoms with Crippen LogP contribution in [0.4, 0.5) is 24.8 Å². The maximum absolute atomic E-state index is 13.5. The molecule has 2 aromatic heterocycles. The number of rotatable bonds is 5. The summed E-state index contributed by atoms with van der Waals surface area (Å²) in [7, 11) is 0. The Labute approximate surface area is 173 Å². The Hall–Kier alpha value is -2.91. The van der Waals surface area contributed by atoms with Gasteiger partial charge in [-0.05, 0) is 29.8 Å². The number of anilines is 2. The van der Waals surface area contributed by atoms with E-state index in [0.29, 0.717) is 5.56 Å². The maximum atomic E-state index is 13.5. The summed E-state index contributed by atoms with van der Waals surface area (Å²) in [6.45, 7) is 0.0217. The molecule has 1 aromatic carbocycles. The lowest BCUT2D eigenvalue weighted by Gasteiger charge is -2.14. The number of halogens is 5. The zero-order valence-electron chi connectivity index (χ0n) is 14.5. The first-order valence-corrected chi connectivity index (χ1v) is 8.83. The molecule has 3 aromatic rings. The van der Waals surface area contributed by atoms with Crippen molar-refractivity contribution in [3.63, 3.8) is 0 Å². The Bertz CT molecular complexity index is 1010. The Morgan fingerprint density at radius 1 is 1.07 bits per heavy atom. The summed E-state index contributed by atoms with van der Waals surface area (Å²) < 4.78 is 40.5. The molecule has 0 radical (unpaired) electrons. The Balaban J connectivity index is 1.87. The van der Waals surface area contributed by atoms with Gasteiger partial charge < -0.3 is 10.6 Å². The molecule has 29 heavy (non-hydrogen) atoms. The van der Waals surface area contributed by atoms with Gasteiger partial charge in [0.25, 0.3) is 5.91 Å². The molecule has 0 aliphatic carbocycles. The van der Waals surface area contributed by atoms with Crippen LogP contribution in [0.2, 0.25) is 10.0 Å². The second-order valence-corrected chi connectivity index (χ2v) is 6.53. The lowest BCUT2D eigenvalue weighted by atomic mass is 10.2. The van der Waals surface area contributed by atoms with Gasteiger partial charge in [-0.1, -0.05) is 29.3 Å². The molecular formula is C18H12Cl2F3N5O. The van der Waals surface area contributed by atoms with Crippen LogP contribution in [0, 0.1) is 0 Å². The van der Waals surface area contributed by atoms with Crippen molar-refractivity contribution in [3.8, 4) is 0 Å². The second kappa shape index (κ2) is 8.62. The molecule has 0 aliphatic heterocycles. The molecule has 0 fully saturated rings. The lowest BCUT2D eigenvalue weighted by Crippen LogP contribution is -2.27. The molecule has 0 aliphatic rings. The summed E-state index contributed by atoms with van der Waals surface area (Å²) in [4.78, 5) is 23.4. The highest BCUT2D eigenvalue weighted by atomic mass is 35.5. The summed E-state index contributed by atoms with van der Waals surface area (Å²) in [5, 5.41) is 5.31. The first-order chi connectivity index (χ1) is 13.8. The quantitative estimate of drug-likeness (QED) is 0.590. The number of hydrogen-bond donors (Lipinski definition) is 2. The topological polar surface area (TPSA) is 79.8 Å². The van der Waals surface area contributed by atoms with Crippen LogP contribution in [0.3, 0.4) is 0 Å². The summed E-state index contributed by atoms with van der Waals surface area (Å²) in [5.74, 6) is -1.37. The van der Waals surface area contributed by atoms with Gasteiger partial charge in [0.15, 0.2) is 5.69 Å². The Morgan fingerprint density at radius 2 is 1.72 bits per heavy atom. The maximum Gasteiger partial charge on any atom is 0.434 e. The molecule has 0 spiro atoms. The summed E-state index contributed by atoms with van der Waals surface area (Å²) in [6.07, 6.45) is -1.07. The van der Waals surface area contributed by atoms with Gasteiger partial charge in [-0.3, -0.25) is 9.78 Å². The minimum absolute atomic E-state index is 0.0217. The molecule has 0 atom stereocenters. The van der Waals surface area contributed by atoms with Crippen LogP contribution < -0.4 is 10.6 Å². The predicted molar refractivity (Wildman–Crippen MR) is 102 cm³/mol. The van der Waals surface area contributed by atoms with E-state index in [0.717, 1.165) is 6.20 Å². The normalized spacial score (nSPS) is 11.2. The van der Waals surface area contributed by atoms with Crippen LogP contribution in [0.15, 0.2) is 48.9 Å². The predicted octanol–water partition coefficient (Wildman–Crippen LogP) is 4.87. The van der Waals surface area contributed by atoms with Gasteiger partial charge >= 0.3 is 6.18 Å². The number of aromatic nitrogens is 3. The molecule has 2 heterocycles. The van der Waals surface area contributed by atoms with Crippen molar-refractivity contribution >= 4 is 40.7 Å². The zero-order valence-corrected chi connectivity index (χ0v) is 16.0. The van der Waals surface area contributed by atoms with E-state index in [-0.39, 0.29) is 22.3 Å². The zero-order chi connectivity index (χ0) is 21.0. The third kappa shape index (κ3) is 5.12. The number of amides is 1. The van der Waals surface area contributed by atoms with Crippen LogP contribution >= 0.6 is 23.2 Å². The van der Waals surface area contributed by atoms with Crippen LogP contribution in [-0.2, 0) is 12.7 Å². The monoisotopic (exact) mass is 441 g/mol. The molecule has 0 bridgehead atoms. The lowest BCUT2D eigenvalue weighted by molar-refractivity contribution is -0.141. The number of para-hydroxylation sites is 1. The smallest absolute Gasteiger partial charge is 0.348 e. The van der Waals surface area contributed by atoms with E-state index in [2.05, 4.69) is 25.6 Å². The molecule has 0 saturated heterocycles. The number of pyridine rings is 1. The highest BCUT2D eigenvalue weighted by Crippen LogP contribution is 2.34. The molecule has 6 nitrogen and oxygen atoms in total. The highest BCUT2D eigenvalue weighted by Gasteiger charge is 2.38. The third-order valence-electron chi connectivity index (χ3n) is 3.70. The average molecular weight is 442 g/mol. The van der Waals surface area contributed by atoms with Crippen LogP contribution in [0.1, 0.15) is 21.6 Å². The number of nitrogens with zero attached hydrogens (tertiary/aromatic N) is 3. The summed E-state index contributed by atoms with van der Waals surface area (Å²) in [5.41, 5.74) is -1.26. The molecule has 2 N–H and O–H groups in total. The average Bonchev–Trinajstić information content (AvgIpc) is 2.69. The molecule has 0 saturated carbocycles. The number of carbonyl (C=O) groups is 1. The van der Waals surface area contributed by atoms with Gasteiger partial charge in [0, 0.05) is 25.1 Å². The second-order valence-electron chi connectivity index (χ2n) is 5.71. The van der Waals surface area contributed by atoms with Gasteiger partial charge in [0.2, 0.25) is 5.95 Å². The number of hydrogen-bond acceptors (Lipinski definition) is 5. The number of alkyl halides is 3. The highest BCUT2D eigenvalue weighted by molar-refractivity contribution is 6.39. The fourth-order valence-corrected chi connectivity index (χ4v) is 2.82. The van der Waals surface area contributed by atoms with E-state index < -0.39 is 29.3 Å². The van der Waals surface area contributed by atoms with Crippen molar-refractivity contribution in [1.82, 2.24) is 20.3 Å². The van der Waals surface area contributed by atoms with E-state index >= 15 is 0 Å². The van der Waals surface area contributed by atoms with E-state index in [4.69, 9.17) is 23.2 Å². The van der Waals surface area contributed by atoms with Crippen LogP contribution in [0.5, 0.6) is 0 Å². The van der Waals surface area contributed by atoms with Crippen molar-refractivity contribution in [2.75, 3.05) is 5.32 Å². The number of benzene rings is 1. The fourth-order valence-electron chi connectivity index (χ4n) is 2.33. The Morgan fingerprint density at radius 3 is 2.34 bits per heavy atom. The standard InChI is InChI=1S/C18H12Cl2F3N5O/c19-12-2-1-3-13(20)14(12)27-17-26-9-11(15(28-17)18(21,22)23)16(29)25-8-10-4-6-24-7-5-10/h1-7,9H,8H2,(H,25,29)(H,26,27,28). The van der Waals surface area contributed by atoms with Crippen molar-refractivity contribution in [2.45, 2.75) is 12.7 Å². The third-order valence-corrected chi connectivity index (χ3v) is 4.33. The van der Waals surface area contributed by atoms with Crippen molar-refractivity contribution in [3.05, 3.63) is 75.8 Å². The van der Waals surface area contributed by atoms with Crippen LogP contribution in [-0.4, -0.2) is 20.9 Å². The molecular weight excluding hydrogens is 430 g/mol. The molecule has 1 amide bonds. The Kier molecular flexibility index (Phi) is 6.19. The van der Waals surface area contributed by atoms with E-state index in [1.807, 2.05) is 0 Å². The number of nitrogens with one attached hydrogen (secondary N) is 2. The van der Waals surface area contributed by atoms with Crippen molar-refractivity contribution in [2.24, 2.45) is 0 Å². The first kappa shape index (κ1) is 20.8. The molecule has 150 valence electrons. The molecule has 0 unspecified atom stereocenters. The van der Waals surface area contributed by atoms with E-state index in [1.165, 1.54) is 24.5 Å². The molecule has 3 rings (SSSR count). The largest absolute Gasteiger partial charge is 0.434 e. The van der Waals surface area contributed by atoms with Gasteiger partial charge in [0.1, 0.15) is 0 Å². The van der Waals surface area contributed by atoms with E-state index in [1.54, 1.807) is 18.2 Å². The summed E-state index contributed by atoms with van der Waals surface area (Å²) >= 11 is 12.0. The van der Waals surface area contributed by atoms with E-state index in [9.17, 15) is 18.0 Å². The van der Waals surface area contributed by atoms with Crippen molar-refractivity contribution < 1.29 is 18.0 Å². The minimum Gasteiger partial charge on any atom is -0.348 e. The van der Waals surface area contributed by atoms with Gasteiger partial charge in [-0.15, -0.1) is 0 Å². The SMILES string of the molecule is O=C(NCc1ccncc1)c1cnc(Nc2c(Cl)cccc2Cl)nc1C(F)(F)F. The van der Waals surface area contributed by atoms with Crippen LogP contribution in [0.25, 0.3) is 0 Å². The van der Waals surface area contributed by atoms with Gasteiger partial charge in [0.05, 0.1) is 21.3 Å². The van der Waals surface area contributed by atoms with Gasteiger partial charge in [-0.2, -0.15) is 13.2 Å². The first-order valence-electron chi connectivity index (χ1n) is 8.08. The minimum atomic E-state index is -4.88. The summed E-state index contributed by atoms with van der Waals surface area (Å²) in [6, 6.07) is 7.83. The van der Waals surface area contributed by atoms with Gasteiger partial charge in [-0.25, -0.2) is 9.97 Å².